The van der Waals surface area contributed by atoms with Gasteiger partial charge in [0.25, 0.3) is 0 Å². The molecule has 0 saturated heterocycles. The van der Waals surface area contributed by atoms with E-state index in [9.17, 15) is 0 Å². The van der Waals surface area contributed by atoms with Gasteiger partial charge in [-0.3, -0.25) is 0 Å². The molecule has 51 heavy (non-hydrogen) atoms. The van der Waals surface area contributed by atoms with Crippen molar-refractivity contribution in [2.24, 2.45) is 0 Å². The number of aromatic nitrogens is 1. The third kappa shape index (κ3) is 4.93. The molecule has 10 aromatic rings. The second-order valence-corrected chi connectivity index (χ2v) is 14.0. The highest BCUT2D eigenvalue weighted by Gasteiger charge is 2.22. The first-order valence-electron chi connectivity index (χ1n) is 17.4. The van der Waals surface area contributed by atoms with Gasteiger partial charge >= 0.3 is 0 Å². The Labute approximate surface area is 300 Å². The van der Waals surface area contributed by atoms with E-state index in [1.165, 1.54) is 58.7 Å². The van der Waals surface area contributed by atoms with Gasteiger partial charge < -0.3 is 9.47 Å². The van der Waals surface area contributed by atoms with E-state index in [4.69, 9.17) is 0 Å². The third-order valence-corrected chi connectivity index (χ3v) is 11.1. The molecule has 0 amide bonds. The highest BCUT2D eigenvalue weighted by molar-refractivity contribution is 7.25. The largest absolute Gasteiger partial charge is 0.309 e. The minimum atomic E-state index is 1.13. The number of fused-ring (bicyclic) bond motifs is 6. The molecule has 0 aliphatic heterocycles. The molecule has 8 aromatic carbocycles. The van der Waals surface area contributed by atoms with Crippen molar-refractivity contribution in [1.82, 2.24) is 4.57 Å². The molecule has 0 bridgehead atoms. The number of thiophene rings is 1. The van der Waals surface area contributed by atoms with Gasteiger partial charge in [-0.25, -0.2) is 0 Å². The molecule has 0 atom stereocenters. The molecule has 0 fully saturated rings. The number of hydrogen-bond acceptors (Lipinski definition) is 2. The summed E-state index contributed by atoms with van der Waals surface area (Å²) in [7, 11) is 0. The summed E-state index contributed by atoms with van der Waals surface area (Å²) in [6, 6.07) is 70.4. The molecule has 2 nitrogen and oxygen atoms in total. The lowest BCUT2D eigenvalue weighted by molar-refractivity contribution is 1.18. The second-order valence-electron chi connectivity index (χ2n) is 12.9. The first kappa shape index (κ1) is 29.5. The highest BCUT2D eigenvalue weighted by atomic mass is 32.1. The van der Waals surface area contributed by atoms with Crippen LogP contribution in [-0.4, -0.2) is 4.57 Å². The number of anilines is 3. The zero-order valence-electron chi connectivity index (χ0n) is 27.8. The maximum Gasteiger partial charge on any atom is 0.0541 e. The molecular weight excluding hydrogens is 637 g/mol. The zero-order chi connectivity index (χ0) is 33.7. The standard InChI is InChI=1S/C48H32N2S/c1-2-15-33(16-3-1)37-19-4-9-24-43(37)50(36-29-30-42-41-23-8-13-28-47(41)51-48(42)32-36)44-25-10-5-20-38(44)34-17-14-18-35(31-34)49-45-26-11-6-21-39(45)40-22-7-12-27-46(40)49/h1-32H. The Kier molecular flexibility index (Phi) is 7.04. The Morgan fingerprint density at radius 3 is 1.65 bits per heavy atom. The first-order valence-corrected chi connectivity index (χ1v) is 18.2. The van der Waals surface area contributed by atoms with Crippen LogP contribution >= 0.6 is 11.3 Å². The van der Waals surface area contributed by atoms with Crippen molar-refractivity contribution in [2.45, 2.75) is 0 Å². The Balaban J connectivity index is 1.20. The predicted molar refractivity (Wildman–Crippen MR) is 219 cm³/mol. The van der Waals surface area contributed by atoms with Crippen LogP contribution < -0.4 is 4.90 Å². The van der Waals surface area contributed by atoms with Crippen molar-refractivity contribution >= 4 is 70.4 Å². The van der Waals surface area contributed by atoms with E-state index in [-0.39, 0.29) is 0 Å². The Morgan fingerprint density at radius 2 is 0.922 bits per heavy atom. The first-order chi connectivity index (χ1) is 25.3. The van der Waals surface area contributed by atoms with Crippen LogP contribution in [0.15, 0.2) is 194 Å². The lowest BCUT2D eigenvalue weighted by Crippen LogP contribution is -2.12. The maximum absolute atomic E-state index is 2.45. The summed E-state index contributed by atoms with van der Waals surface area (Å²) in [5, 5.41) is 5.13. The summed E-state index contributed by atoms with van der Waals surface area (Å²) in [6.07, 6.45) is 0. The van der Waals surface area contributed by atoms with Gasteiger partial charge in [0.15, 0.2) is 0 Å². The van der Waals surface area contributed by atoms with Crippen LogP contribution in [0, 0.1) is 0 Å². The van der Waals surface area contributed by atoms with E-state index in [1.54, 1.807) is 0 Å². The molecule has 0 radical (unpaired) electrons. The average Bonchev–Trinajstić information content (AvgIpc) is 3.74. The molecule has 240 valence electrons. The van der Waals surface area contributed by atoms with E-state index in [1.807, 2.05) is 11.3 Å². The fraction of sp³-hybridized carbons (Fsp3) is 0. The molecule has 2 aromatic heterocycles. The maximum atomic E-state index is 2.45. The third-order valence-electron chi connectivity index (χ3n) is 9.99. The zero-order valence-corrected chi connectivity index (χ0v) is 28.6. The molecular formula is C48H32N2S. The van der Waals surface area contributed by atoms with Crippen LogP contribution in [0.3, 0.4) is 0 Å². The van der Waals surface area contributed by atoms with Gasteiger partial charge in [0.1, 0.15) is 0 Å². The number of benzene rings is 8. The monoisotopic (exact) mass is 668 g/mol. The Bertz CT molecular complexity index is 2830. The summed E-state index contributed by atoms with van der Waals surface area (Å²) in [4.78, 5) is 2.45. The average molecular weight is 669 g/mol. The molecule has 10 rings (SSSR count). The van der Waals surface area contributed by atoms with E-state index in [0.29, 0.717) is 0 Å². The number of hydrogen-bond donors (Lipinski definition) is 0. The lowest BCUT2D eigenvalue weighted by atomic mass is 9.98. The van der Waals surface area contributed by atoms with Gasteiger partial charge in [-0.2, -0.15) is 0 Å². The molecule has 0 saturated carbocycles. The Morgan fingerprint density at radius 1 is 0.373 bits per heavy atom. The molecule has 3 heteroatoms. The molecule has 2 heterocycles. The minimum Gasteiger partial charge on any atom is -0.309 e. The van der Waals surface area contributed by atoms with Crippen molar-refractivity contribution < 1.29 is 0 Å². The summed E-state index contributed by atoms with van der Waals surface area (Å²) in [6.45, 7) is 0. The fourth-order valence-electron chi connectivity index (χ4n) is 7.72. The van der Waals surface area contributed by atoms with Crippen LogP contribution in [0.2, 0.25) is 0 Å². The summed E-state index contributed by atoms with van der Waals surface area (Å²) in [5.41, 5.74) is 11.6. The van der Waals surface area contributed by atoms with E-state index in [2.05, 4.69) is 204 Å². The van der Waals surface area contributed by atoms with E-state index >= 15 is 0 Å². The van der Waals surface area contributed by atoms with Crippen molar-refractivity contribution in [2.75, 3.05) is 4.90 Å². The quantitative estimate of drug-likeness (QED) is 0.171. The lowest BCUT2D eigenvalue weighted by Gasteiger charge is -2.30. The van der Waals surface area contributed by atoms with Gasteiger partial charge in [-0.15, -0.1) is 11.3 Å². The SMILES string of the molecule is c1ccc(-c2ccccc2N(c2ccc3c(c2)sc2ccccc23)c2ccccc2-c2cccc(-n3c4ccccc4c4ccccc43)c2)cc1. The normalized spacial score (nSPS) is 11.5. The van der Waals surface area contributed by atoms with Crippen LogP contribution in [-0.2, 0) is 0 Å². The van der Waals surface area contributed by atoms with Gasteiger partial charge in [0, 0.05) is 53.4 Å². The molecule has 0 aliphatic rings. The van der Waals surface area contributed by atoms with Crippen molar-refractivity contribution in [1.29, 1.82) is 0 Å². The highest BCUT2D eigenvalue weighted by Crippen LogP contribution is 2.46. The van der Waals surface area contributed by atoms with Gasteiger partial charge in [-0.05, 0) is 65.7 Å². The molecule has 0 N–H and O–H groups in total. The van der Waals surface area contributed by atoms with Gasteiger partial charge in [0.05, 0.1) is 22.4 Å². The van der Waals surface area contributed by atoms with Crippen molar-refractivity contribution in [3.05, 3.63) is 194 Å². The minimum absolute atomic E-state index is 1.13. The van der Waals surface area contributed by atoms with Crippen LogP contribution in [0.25, 0.3) is 69.9 Å². The predicted octanol–water partition coefficient (Wildman–Crippen LogP) is 14.0. The molecule has 0 aliphatic carbocycles. The topological polar surface area (TPSA) is 8.17 Å². The number of nitrogens with zero attached hydrogens (tertiary/aromatic N) is 2. The summed E-state index contributed by atoms with van der Waals surface area (Å²) in [5.74, 6) is 0. The van der Waals surface area contributed by atoms with Gasteiger partial charge in [0.2, 0.25) is 0 Å². The fourth-order valence-corrected chi connectivity index (χ4v) is 8.86. The second kappa shape index (κ2) is 12.2. The van der Waals surface area contributed by atoms with Crippen LogP contribution in [0.5, 0.6) is 0 Å². The molecule has 0 spiro atoms. The van der Waals surface area contributed by atoms with E-state index in [0.717, 1.165) is 28.3 Å². The van der Waals surface area contributed by atoms with E-state index < -0.39 is 0 Å². The van der Waals surface area contributed by atoms with Crippen molar-refractivity contribution in [3.8, 4) is 27.9 Å². The summed E-state index contributed by atoms with van der Waals surface area (Å²) >= 11 is 1.86. The summed E-state index contributed by atoms with van der Waals surface area (Å²) < 4.78 is 4.99. The van der Waals surface area contributed by atoms with Crippen LogP contribution in [0.1, 0.15) is 0 Å². The Hall–Kier alpha value is -6.42. The smallest absolute Gasteiger partial charge is 0.0541 e. The van der Waals surface area contributed by atoms with Crippen molar-refractivity contribution in [3.63, 3.8) is 0 Å². The van der Waals surface area contributed by atoms with Gasteiger partial charge in [-0.1, -0.05) is 140 Å². The molecule has 0 unspecified atom stereocenters. The number of rotatable bonds is 6. The number of para-hydroxylation sites is 4. The van der Waals surface area contributed by atoms with Crippen LogP contribution in [0.4, 0.5) is 17.1 Å².